The summed E-state index contributed by atoms with van der Waals surface area (Å²) in [5.74, 6) is -0.204. The highest BCUT2D eigenvalue weighted by atomic mass is 19.1. The molecule has 2 aromatic rings. The fraction of sp³-hybridized carbons (Fsp3) is 0.263. The number of nitrogens with one attached hydrogen (secondary N) is 1. The van der Waals surface area contributed by atoms with Gasteiger partial charge in [-0.2, -0.15) is 5.10 Å². The summed E-state index contributed by atoms with van der Waals surface area (Å²) in [6.45, 7) is 6.22. The molecule has 1 amide bonds. The first-order chi connectivity index (χ1) is 11.4. The number of hydrogen-bond acceptors (Lipinski definition) is 3. The largest absolute Gasteiger partial charge is 0.484 e. The Labute approximate surface area is 141 Å². The molecule has 0 fully saturated rings. The van der Waals surface area contributed by atoms with Gasteiger partial charge in [0.05, 0.1) is 6.21 Å². The molecule has 0 saturated carbocycles. The van der Waals surface area contributed by atoms with Crippen LogP contribution in [0.15, 0.2) is 53.6 Å². The monoisotopic (exact) mass is 328 g/mol. The van der Waals surface area contributed by atoms with Crippen molar-refractivity contribution in [1.29, 1.82) is 0 Å². The van der Waals surface area contributed by atoms with E-state index in [0.29, 0.717) is 11.3 Å². The molecular formula is C19H21FN2O2. The maximum Gasteiger partial charge on any atom is 0.277 e. The van der Waals surface area contributed by atoms with E-state index in [9.17, 15) is 9.18 Å². The Balaban J connectivity index is 1.82. The van der Waals surface area contributed by atoms with Crippen LogP contribution < -0.4 is 10.2 Å². The summed E-state index contributed by atoms with van der Waals surface area (Å²) in [5, 5.41) is 3.72. The number of amides is 1. The van der Waals surface area contributed by atoms with Crippen molar-refractivity contribution in [2.75, 3.05) is 6.61 Å². The number of carbonyl (C=O) groups excluding carboxylic acids is 1. The molecule has 0 aliphatic rings. The third kappa shape index (κ3) is 5.19. The van der Waals surface area contributed by atoms with E-state index >= 15 is 0 Å². The third-order valence-electron chi connectivity index (χ3n) is 3.39. The van der Waals surface area contributed by atoms with Gasteiger partial charge in [-0.25, -0.2) is 9.82 Å². The molecule has 0 heterocycles. The SMILES string of the molecule is CC(C)(C)c1ccc(OCC(=O)NN=Cc2ccccc2F)cc1. The second-order valence-electron chi connectivity index (χ2n) is 6.38. The van der Waals surface area contributed by atoms with Gasteiger partial charge in [-0.3, -0.25) is 4.79 Å². The van der Waals surface area contributed by atoms with E-state index in [1.165, 1.54) is 17.8 Å². The van der Waals surface area contributed by atoms with E-state index in [1.807, 2.05) is 24.3 Å². The molecule has 1 N–H and O–H groups in total. The Morgan fingerprint density at radius 2 is 1.83 bits per heavy atom. The summed E-state index contributed by atoms with van der Waals surface area (Å²) in [6.07, 6.45) is 1.26. The number of nitrogens with zero attached hydrogens (tertiary/aromatic N) is 1. The predicted molar refractivity (Wildman–Crippen MR) is 92.8 cm³/mol. The van der Waals surface area contributed by atoms with E-state index in [-0.39, 0.29) is 12.0 Å². The zero-order chi connectivity index (χ0) is 17.6. The van der Waals surface area contributed by atoms with Crippen LogP contribution in [0.1, 0.15) is 31.9 Å². The van der Waals surface area contributed by atoms with Crippen molar-refractivity contribution in [3.05, 3.63) is 65.5 Å². The van der Waals surface area contributed by atoms with Crippen molar-refractivity contribution >= 4 is 12.1 Å². The van der Waals surface area contributed by atoms with Crippen LogP contribution in [0.4, 0.5) is 4.39 Å². The molecule has 5 heteroatoms. The molecule has 0 spiro atoms. The Hall–Kier alpha value is -2.69. The first kappa shape index (κ1) is 17.7. The van der Waals surface area contributed by atoms with Gasteiger partial charge in [0.25, 0.3) is 5.91 Å². The number of rotatable bonds is 5. The van der Waals surface area contributed by atoms with Crippen LogP contribution >= 0.6 is 0 Å². The molecule has 0 unspecified atom stereocenters. The lowest BCUT2D eigenvalue weighted by molar-refractivity contribution is -0.123. The zero-order valence-electron chi connectivity index (χ0n) is 14.0. The quantitative estimate of drug-likeness (QED) is 0.673. The highest BCUT2D eigenvalue weighted by molar-refractivity contribution is 5.83. The van der Waals surface area contributed by atoms with E-state index in [1.54, 1.807) is 18.2 Å². The lowest BCUT2D eigenvalue weighted by Crippen LogP contribution is -2.24. The van der Waals surface area contributed by atoms with Gasteiger partial charge in [0, 0.05) is 5.56 Å². The van der Waals surface area contributed by atoms with Gasteiger partial charge >= 0.3 is 0 Å². The molecule has 2 aromatic carbocycles. The highest BCUT2D eigenvalue weighted by Gasteiger charge is 2.13. The van der Waals surface area contributed by atoms with Gasteiger partial charge in [0.1, 0.15) is 11.6 Å². The van der Waals surface area contributed by atoms with Crippen LogP contribution in [-0.4, -0.2) is 18.7 Å². The van der Waals surface area contributed by atoms with Crippen molar-refractivity contribution in [3.63, 3.8) is 0 Å². The van der Waals surface area contributed by atoms with E-state index in [4.69, 9.17) is 4.74 Å². The second-order valence-corrected chi connectivity index (χ2v) is 6.38. The minimum Gasteiger partial charge on any atom is -0.484 e. The molecule has 0 aromatic heterocycles. The highest BCUT2D eigenvalue weighted by Crippen LogP contribution is 2.24. The number of carbonyl (C=O) groups is 1. The van der Waals surface area contributed by atoms with Crippen molar-refractivity contribution in [3.8, 4) is 5.75 Å². The first-order valence-corrected chi connectivity index (χ1v) is 7.66. The second kappa shape index (κ2) is 7.73. The molecule has 0 saturated heterocycles. The first-order valence-electron chi connectivity index (χ1n) is 7.66. The predicted octanol–water partition coefficient (Wildman–Crippen LogP) is 3.65. The summed E-state index contributed by atoms with van der Waals surface area (Å²) in [7, 11) is 0. The van der Waals surface area contributed by atoms with Crippen LogP contribution in [0, 0.1) is 5.82 Å². The lowest BCUT2D eigenvalue weighted by Gasteiger charge is -2.19. The number of hydrazone groups is 1. The van der Waals surface area contributed by atoms with Crippen LogP contribution in [0.2, 0.25) is 0 Å². The Morgan fingerprint density at radius 3 is 2.46 bits per heavy atom. The standard InChI is InChI=1S/C19H21FN2O2/c1-19(2,3)15-8-10-16(11-9-15)24-13-18(23)22-21-12-14-6-4-5-7-17(14)20/h4-12H,13H2,1-3H3,(H,22,23). The summed E-state index contributed by atoms with van der Waals surface area (Å²) in [6, 6.07) is 13.8. The Morgan fingerprint density at radius 1 is 1.17 bits per heavy atom. The maximum absolute atomic E-state index is 13.4. The third-order valence-corrected chi connectivity index (χ3v) is 3.39. The van der Waals surface area contributed by atoms with Gasteiger partial charge in [0.15, 0.2) is 6.61 Å². The van der Waals surface area contributed by atoms with Crippen molar-refractivity contribution in [2.45, 2.75) is 26.2 Å². The molecule has 0 bridgehead atoms. The fourth-order valence-electron chi connectivity index (χ4n) is 1.99. The van der Waals surface area contributed by atoms with E-state index in [0.717, 1.165) is 0 Å². The number of halogens is 1. The normalized spacial score (nSPS) is 11.5. The topological polar surface area (TPSA) is 50.7 Å². The minimum absolute atomic E-state index is 0.0668. The van der Waals surface area contributed by atoms with Crippen molar-refractivity contribution in [2.24, 2.45) is 5.10 Å². The zero-order valence-corrected chi connectivity index (χ0v) is 14.0. The minimum atomic E-state index is -0.414. The van der Waals surface area contributed by atoms with Crippen molar-refractivity contribution < 1.29 is 13.9 Å². The summed E-state index contributed by atoms with van der Waals surface area (Å²) >= 11 is 0. The van der Waals surface area contributed by atoms with Gasteiger partial charge in [-0.15, -0.1) is 0 Å². The molecule has 0 atom stereocenters. The molecule has 0 radical (unpaired) electrons. The molecule has 4 nitrogen and oxygen atoms in total. The lowest BCUT2D eigenvalue weighted by atomic mass is 9.87. The maximum atomic E-state index is 13.4. The van der Waals surface area contributed by atoms with E-state index in [2.05, 4.69) is 31.3 Å². The molecule has 24 heavy (non-hydrogen) atoms. The van der Waals surface area contributed by atoms with Crippen LogP contribution in [0.5, 0.6) is 5.75 Å². The van der Waals surface area contributed by atoms with E-state index < -0.39 is 11.7 Å². The fourth-order valence-corrected chi connectivity index (χ4v) is 1.99. The average Bonchev–Trinajstić information content (AvgIpc) is 2.54. The van der Waals surface area contributed by atoms with Gasteiger partial charge in [-0.05, 0) is 29.2 Å². The summed E-state index contributed by atoms with van der Waals surface area (Å²) in [5.41, 5.74) is 3.86. The molecule has 0 aliphatic carbocycles. The number of benzene rings is 2. The molecule has 0 aliphatic heterocycles. The molecule has 126 valence electrons. The molecule has 2 rings (SSSR count). The Bertz CT molecular complexity index is 719. The smallest absolute Gasteiger partial charge is 0.277 e. The van der Waals surface area contributed by atoms with Gasteiger partial charge in [0.2, 0.25) is 0 Å². The summed E-state index contributed by atoms with van der Waals surface area (Å²) < 4.78 is 18.8. The summed E-state index contributed by atoms with van der Waals surface area (Å²) in [4.78, 5) is 11.7. The van der Waals surface area contributed by atoms with Gasteiger partial charge < -0.3 is 4.74 Å². The van der Waals surface area contributed by atoms with Crippen molar-refractivity contribution in [1.82, 2.24) is 5.43 Å². The van der Waals surface area contributed by atoms with Crippen LogP contribution in [-0.2, 0) is 10.2 Å². The number of hydrogen-bond donors (Lipinski definition) is 1. The van der Waals surface area contributed by atoms with Crippen LogP contribution in [0.3, 0.4) is 0 Å². The van der Waals surface area contributed by atoms with Gasteiger partial charge in [-0.1, -0.05) is 51.1 Å². The Kier molecular flexibility index (Phi) is 5.68. The average molecular weight is 328 g/mol. The molecular weight excluding hydrogens is 307 g/mol. The van der Waals surface area contributed by atoms with Crippen LogP contribution in [0.25, 0.3) is 0 Å². The number of ether oxygens (including phenoxy) is 1.